The van der Waals surface area contributed by atoms with Crippen LogP contribution in [0, 0.1) is 0 Å². The van der Waals surface area contributed by atoms with Gasteiger partial charge in [0.1, 0.15) is 0 Å². The van der Waals surface area contributed by atoms with Gasteiger partial charge >= 0.3 is 0 Å². The van der Waals surface area contributed by atoms with Crippen molar-refractivity contribution in [3.8, 4) is 0 Å². The number of imide groups is 1. The van der Waals surface area contributed by atoms with Crippen molar-refractivity contribution in [3.05, 3.63) is 58.4 Å². The number of rotatable bonds is 2. The fraction of sp³-hybridized carbons (Fsp3) is 0. The number of amides is 3. The van der Waals surface area contributed by atoms with Gasteiger partial charge in [-0.3, -0.25) is 24.7 Å². The van der Waals surface area contributed by atoms with Gasteiger partial charge in [-0.15, -0.1) is 0 Å². The molecule has 6 nitrogen and oxygen atoms in total. The van der Waals surface area contributed by atoms with Crippen molar-refractivity contribution >= 4 is 35.0 Å². The Morgan fingerprint density at radius 3 is 2.67 bits per heavy atom. The molecule has 1 aliphatic rings. The number of hydrogen-bond donors (Lipinski definition) is 2. The van der Waals surface area contributed by atoms with E-state index in [4.69, 9.17) is 11.6 Å². The summed E-state index contributed by atoms with van der Waals surface area (Å²) < 4.78 is 0. The highest BCUT2D eigenvalue weighted by atomic mass is 35.5. The first-order valence-electron chi connectivity index (χ1n) is 5.97. The Morgan fingerprint density at radius 2 is 1.90 bits per heavy atom. The van der Waals surface area contributed by atoms with E-state index in [1.54, 1.807) is 6.07 Å². The standard InChI is InChI=1S/C14H8ClN3O3/c15-11-6-16-4-3-9(11)13(20)17-7-1-2-8-10(5-7)14(21)18-12(8)19/h1-6H,(H,17,20)(H,18,19,21). The van der Waals surface area contributed by atoms with Crippen LogP contribution in [-0.4, -0.2) is 22.7 Å². The molecule has 1 aromatic heterocycles. The van der Waals surface area contributed by atoms with E-state index in [9.17, 15) is 14.4 Å². The maximum absolute atomic E-state index is 12.1. The van der Waals surface area contributed by atoms with E-state index in [0.29, 0.717) is 11.3 Å². The van der Waals surface area contributed by atoms with E-state index in [0.717, 1.165) is 0 Å². The normalized spacial score (nSPS) is 12.8. The second kappa shape index (κ2) is 4.99. The van der Waals surface area contributed by atoms with Crippen LogP contribution in [0.5, 0.6) is 0 Å². The highest BCUT2D eigenvalue weighted by Crippen LogP contribution is 2.21. The predicted octanol–water partition coefficient (Wildman–Crippen LogP) is 1.87. The van der Waals surface area contributed by atoms with Gasteiger partial charge in [-0.05, 0) is 24.3 Å². The summed E-state index contributed by atoms with van der Waals surface area (Å²) in [5.74, 6) is -1.34. The maximum atomic E-state index is 12.1. The summed E-state index contributed by atoms with van der Waals surface area (Å²) in [4.78, 5) is 38.9. The van der Waals surface area contributed by atoms with E-state index in [2.05, 4.69) is 15.6 Å². The lowest BCUT2D eigenvalue weighted by Gasteiger charge is -2.07. The lowest BCUT2D eigenvalue weighted by Crippen LogP contribution is -2.19. The fourth-order valence-electron chi connectivity index (χ4n) is 2.00. The van der Waals surface area contributed by atoms with Gasteiger partial charge in [0, 0.05) is 18.1 Å². The average Bonchev–Trinajstić information content (AvgIpc) is 2.74. The van der Waals surface area contributed by atoms with Crippen molar-refractivity contribution in [2.75, 3.05) is 5.32 Å². The van der Waals surface area contributed by atoms with Gasteiger partial charge in [0.05, 0.1) is 21.7 Å². The van der Waals surface area contributed by atoms with Crippen molar-refractivity contribution < 1.29 is 14.4 Å². The first-order chi connectivity index (χ1) is 10.1. The molecule has 0 fully saturated rings. The molecule has 0 saturated heterocycles. The lowest BCUT2D eigenvalue weighted by molar-refractivity contribution is 0.0878. The number of aromatic nitrogens is 1. The molecule has 0 spiro atoms. The number of nitrogens with zero attached hydrogens (tertiary/aromatic N) is 1. The van der Waals surface area contributed by atoms with Gasteiger partial charge in [-0.25, -0.2) is 0 Å². The summed E-state index contributed by atoms with van der Waals surface area (Å²) in [5, 5.41) is 5.03. The van der Waals surface area contributed by atoms with Gasteiger partial charge in [0.15, 0.2) is 0 Å². The van der Waals surface area contributed by atoms with Crippen LogP contribution in [-0.2, 0) is 0 Å². The van der Waals surface area contributed by atoms with Crippen molar-refractivity contribution in [1.82, 2.24) is 10.3 Å². The first kappa shape index (κ1) is 13.3. The topological polar surface area (TPSA) is 88.2 Å². The molecule has 3 rings (SSSR count). The number of nitrogens with one attached hydrogen (secondary N) is 2. The second-order valence-electron chi connectivity index (χ2n) is 4.35. The Morgan fingerprint density at radius 1 is 1.14 bits per heavy atom. The third kappa shape index (κ3) is 2.36. The minimum Gasteiger partial charge on any atom is -0.322 e. The molecule has 2 heterocycles. The van der Waals surface area contributed by atoms with Gasteiger partial charge < -0.3 is 5.32 Å². The molecule has 0 bridgehead atoms. The Balaban J connectivity index is 1.88. The Labute approximate surface area is 124 Å². The number of hydrogen-bond acceptors (Lipinski definition) is 4. The van der Waals surface area contributed by atoms with Gasteiger partial charge in [-0.2, -0.15) is 0 Å². The summed E-state index contributed by atoms with van der Waals surface area (Å²) in [6.07, 6.45) is 2.82. The zero-order chi connectivity index (χ0) is 15.0. The number of anilines is 1. The van der Waals surface area contributed by atoms with E-state index >= 15 is 0 Å². The molecule has 0 atom stereocenters. The van der Waals surface area contributed by atoms with E-state index in [1.807, 2.05) is 0 Å². The Bertz CT molecular complexity index is 789. The average molecular weight is 302 g/mol. The van der Waals surface area contributed by atoms with Gasteiger partial charge in [-0.1, -0.05) is 11.6 Å². The summed E-state index contributed by atoms with van der Waals surface area (Å²) in [5.41, 5.74) is 1.20. The maximum Gasteiger partial charge on any atom is 0.259 e. The molecule has 0 unspecified atom stereocenters. The number of benzene rings is 1. The molecular formula is C14H8ClN3O3. The molecule has 3 amide bonds. The Hall–Kier alpha value is -2.73. The molecule has 0 aliphatic carbocycles. The number of carbonyl (C=O) groups excluding carboxylic acids is 3. The summed E-state index contributed by atoms with van der Waals surface area (Å²) >= 11 is 5.89. The van der Waals surface area contributed by atoms with Gasteiger partial charge in [0.25, 0.3) is 17.7 Å². The number of pyridine rings is 1. The zero-order valence-corrected chi connectivity index (χ0v) is 11.3. The summed E-state index contributed by atoms with van der Waals surface area (Å²) in [6, 6.07) is 5.97. The highest BCUT2D eigenvalue weighted by Gasteiger charge is 2.26. The van der Waals surface area contributed by atoms with Crippen LogP contribution in [0.25, 0.3) is 0 Å². The van der Waals surface area contributed by atoms with Crippen LogP contribution in [0.4, 0.5) is 5.69 Å². The molecule has 2 aromatic rings. The largest absolute Gasteiger partial charge is 0.322 e. The van der Waals surface area contributed by atoms with Crippen LogP contribution in [0.1, 0.15) is 31.1 Å². The van der Waals surface area contributed by atoms with Crippen LogP contribution in [0.3, 0.4) is 0 Å². The van der Waals surface area contributed by atoms with E-state index in [1.165, 1.54) is 30.6 Å². The monoisotopic (exact) mass is 301 g/mol. The SMILES string of the molecule is O=C(Nc1ccc2c(c1)C(=O)NC2=O)c1ccncc1Cl. The summed E-state index contributed by atoms with van der Waals surface area (Å²) in [7, 11) is 0. The highest BCUT2D eigenvalue weighted by molar-refractivity contribution is 6.34. The van der Waals surface area contributed by atoms with Crippen molar-refractivity contribution in [1.29, 1.82) is 0 Å². The number of carbonyl (C=O) groups is 3. The third-order valence-electron chi connectivity index (χ3n) is 3.01. The van der Waals surface area contributed by atoms with Crippen LogP contribution in [0.15, 0.2) is 36.7 Å². The van der Waals surface area contributed by atoms with Crippen LogP contribution in [0.2, 0.25) is 5.02 Å². The molecule has 2 N–H and O–H groups in total. The van der Waals surface area contributed by atoms with Gasteiger partial charge in [0.2, 0.25) is 0 Å². The minimum absolute atomic E-state index is 0.226. The van der Waals surface area contributed by atoms with Crippen molar-refractivity contribution in [2.45, 2.75) is 0 Å². The molecule has 0 saturated carbocycles. The van der Waals surface area contributed by atoms with Crippen LogP contribution < -0.4 is 10.6 Å². The fourth-order valence-corrected chi connectivity index (χ4v) is 2.21. The predicted molar refractivity (Wildman–Crippen MR) is 75.4 cm³/mol. The smallest absolute Gasteiger partial charge is 0.259 e. The molecule has 1 aromatic carbocycles. The lowest BCUT2D eigenvalue weighted by atomic mass is 10.1. The van der Waals surface area contributed by atoms with Crippen LogP contribution >= 0.6 is 11.6 Å². The molecule has 1 aliphatic heterocycles. The molecule has 0 radical (unpaired) electrons. The molecule has 7 heteroatoms. The van der Waals surface area contributed by atoms with E-state index < -0.39 is 17.7 Å². The summed E-state index contributed by atoms with van der Waals surface area (Å²) in [6.45, 7) is 0. The third-order valence-corrected chi connectivity index (χ3v) is 3.31. The quantitative estimate of drug-likeness (QED) is 0.829. The first-order valence-corrected chi connectivity index (χ1v) is 6.34. The minimum atomic E-state index is -0.479. The van der Waals surface area contributed by atoms with E-state index in [-0.39, 0.29) is 16.1 Å². The van der Waals surface area contributed by atoms with Crippen molar-refractivity contribution in [3.63, 3.8) is 0 Å². The second-order valence-corrected chi connectivity index (χ2v) is 4.76. The number of halogens is 1. The Kier molecular flexibility index (Phi) is 3.15. The molecular weight excluding hydrogens is 294 g/mol. The van der Waals surface area contributed by atoms with Crippen molar-refractivity contribution in [2.24, 2.45) is 0 Å². The number of fused-ring (bicyclic) bond motifs is 1. The zero-order valence-electron chi connectivity index (χ0n) is 10.5. The molecule has 104 valence electrons. The molecule has 21 heavy (non-hydrogen) atoms.